The van der Waals surface area contributed by atoms with Gasteiger partial charge in [-0.2, -0.15) is 5.10 Å². The van der Waals surface area contributed by atoms with Crippen molar-refractivity contribution in [1.29, 1.82) is 0 Å². The van der Waals surface area contributed by atoms with E-state index >= 15 is 0 Å². The van der Waals surface area contributed by atoms with Gasteiger partial charge in [-0.3, -0.25) is 9.48 Å². The van der Waals surface area contributed by atoms with Crippen molar-refractivity contribution in [3.8, 4) is 0 Å². The summed E-state index contributed by atoms with van der Waals surface area (Å²) in [4.78, 5) is 12.6. The first kappa shape index (κ1) is 18.4. The molecule has 3 rings (SSSR count). The fourth-order valence-electron chi connectivity index (χ4n) is 2.96. The van der Waals surface area contributed by atoms with Crippen LogP contribution < -0.4 is 5.32 Å². The van der Waals surface area contributed by atoms with Crippen LogP contribution in [0.3, 0.4) is 0 Å². The average Bonchev–Trinajstić information content (AvgIpc) is 2.84. The van der Waals surface area contributed by atoms with E-state index in [9.17, 15) is 4.79 Å². The summed E-state index contributed by atoms with van der Waals surface area (Å²) in [5, 5.41) is 7.54. The van der Waals surface area contributed by atoms with Crippen LogP contribution in [-0.4, -0.2) is 15.7 Å². The molecule has 0 bridgehead atoms. The summed E-state index contributed by atoms with van der Waals surface area (Å²) in [5.41, 5.74) is 6.80. The van der Waals surface area contributed by atoms with Gasteiger partial charge in [0.15, 0.2) is 0 Å². The Bertz CT molecular complexity index is 975. The number of hydrogen-bond donors (Lipinski definition) is 1. The van der Waals surface area contributed by atoms with Crippen LogP contribution in [0, 0.1) is 27.7 Å². The Morgan fingerprint density at radius 1 is 1.12 bits per heavy atom. The third kappa shape index (κ3) is 3.88. The molecule has 134 valence electrons. The topological polar surface area (TPSA) is 46.9 Å². The molecule has 0 saturated carbocycles. The molecule has 0 aliphatic rings. The summed E-state index contributed by atoms with van der Waals surface area (Å²) in [5.74, 6) is -0.103. The summed E-state index contributed by atoms with van der Waals surface area (Å²) >= 11 is 3.55. The molecule has 0 fully saturated rings. The molecule has 3 aromatic rings. The van der Waals surface area contributed by atoms with Crippen molar-refractivity contribution in [2.45, 2.75) is 34.2 Å². The number of rotatable bonds is 4. The Kier molecular flexibility index (Phi) is 5.28. The van der Waals surface area contributed by atoms with Crippen LogP contribution >= 0.6 is 15.9 Å². The second-order valence-corrected chi connectivity index (χ2v) is 7.41. The van der Waals surface area contributed by atoms with Crippen molar-refractivity contribution >= 4 is 27.5 Å². The number of amides is 1. The minimum atomic E-state index is -0.103. The van der Waals surface area contributed by atoms with Gasteiger partial charge in [0.05, 0.1) is 22.4 Å². The summed E-state index contributed by atoms with van der Waals surface area (Å²) in [6.07, 6.45) is 0. The molecule has 1 N–H and O–H groups in total. The van der Waals surface area contributed by atoms with Crippen molar-refractivity contribution in [2.75, 3.05) is 5.32 Å². The Morgan fingerprint density at radius 2 is 1.88 bits per heavy atom. The zero-order valence-corrected chi connectivity index (χ0v) is 17.0. The van der Waals surface area contributed by atoms with E-state index in [0.29, 0.717) is 12.1 Å². The highest BCUT2D eigenvalue weighted by atomic mass is 79.9. The molecule has 0 saturated heterocycles. The van der Waals surface area contributed by atoms with Crippen LogP contribution in [0.2, 0.25) is 0 Å². The number of aromatic nitrogens is 2. The van der Waals surface area contributed by atoms with Crippen LogP contribution in [0.4, 0.5) is 5.69 Å². The molecular weight excluding hydrogens is 390 g/mol. The van der Waals surface area contributed by atoms with E-state index in [4.69, 9.17) is 0 Å². The predicted molar refractivity (Wildman–Crippen MR) is 109 cm³/mol. The standard InChI is InChI=1S/C21H22BrN3O/c1-13-8-9-19(14(2)10-13)23-21(26)18-7-5-6-17(11-18)12-25-16(4)20(22)15(3)24-25/h5-11H,12H2,1-4H3,(H,23,26). The van der Waals surface area contributed by atoms with Crippen LogP contribution in [0.15, 0.2) is 46.9 Å². The third-order valence-corrected chi connectivity index (χ3v) is 5.59. The lowest BCUT2D eigenvalue weighted by atomic mass is 10.1. The van der Waals surface area contributed by atoms with Crippen LogP contribution in [0.25, 0.3) is 0 Å². The van der Waals surface area contributed by atoms with E-state index < -0.39 is 0 Å². The molecule has 4 nitrogen and oxygen atoms in total. The summed E-state index contributed by atoms with van der Waals surface area (Å²) in [6, 6.07) is 13.7. The largest absolute Gasteiger partial charge is 0.322 e. The molecule has 26 heavy (non-hydrogen) atoms. The first-order valence-corrected chi connectivity index (χ1v) is 9.31. The Labute approximate surface area is 162 Å². The van der Waals surface area contributed by atoms with Gasteiger partial charge in [0.1, 0.15) is 0 Å². The number of nitrogens with one attached hydrogen (secondary N) is 1. The van der Waals surface area contributed by atoms with Gasteiger partial charge in [-0.15, -0.1) is 0 Å². The van der Waals surface area contributed by atoms with Gasteiger partial charge in [0, 0.05) is 11.3 Å². The molecule has 5 heteroatoms. The zero-order chi connectivity index (χ0) is 18.8. The normalized spacial score (nSPS) is 10.8. The number of halogens is 1. The average molecular weight is 412 g/mol. The van der Waals surface area contributed by atoms with Gasteiger partial charge in [0.25, 0.3) is 5.91 Å². The Balaban J connectivity index is 1.80. The van der Waals surface area contributed by atoms with Gasteiger partial charge in [0.2, 0.25) is 0 Å². The molecule has 1 aromatic heterocycles. The first-order valence-electron chi connectivity index (χ1n) is 8.52. The minimum Gasteiger partial charge on any atom is -0.322 e. The number of anilines is 1. The molecule has 0 unspecified atom stereocenters. The number of nitrogens with zero attached hydrogens (tertiary/aromatic N) is 2. The molecule has 1 heterocycles. The zero-order valence-electron chi connectivity index (χ0n) is 15.4. The minimum absolute atomic E-state index is 0.103. The van der Waals surface area contributed by atoms with Gasteiger partial charge in [-0.05, 0) is 73.0 Å². The molecule has 0 spiro atoms. The fraction of sp³-hybridized carbons (Fsp3) is 0.238. The second kappa shape index (κ2) is 7.46. The highest BCUT2D eigenvalue weighted by Gasteiger charge is 2.11. The van der Waals surface area contributed by atoms with Crippen molar-refractivity contribution < 1.29 is 4.79 Å². The summed E-state index contributed by atoms with van der Waals surface area (Å²) in [6.45, 7) is 8.67. The van der Waals surface area contributed by atoms with E-state index in [1.54, 1.807) is 0 Å². The number of carbonyl (C=O) groups is 1. The van der Waals surface area contributed by atoms with Gasteiger partial charge < -0.3 is 5.32 Å². The fourth-order valence-corrected chi connectivity index (χ4v) is 3.25. The van der Waals surface area contributed by atoms with Crippen LogP contribution in [-0.2, 0) is 6.54 Å². The maximum Gasteiger partial charge on any atom is 0.255 e. The van der Waals surface area contributed by atoms with Crippen molar-refractivity contribution in [3.63, 3.8) is 0 Å². The van der Waals surface area contributed by atoms with E-state index in [0.717, 1.165) is 32.7 Å². The lowest BCUT2D eigenvalue weighted by molar-refractivity contribution is 0.102. The van der Waals surface area contributed by atoms with Gasteiger partial charge in [-0.1, -0.05) is 29.8 Å². The van der Waals surface area contributed by atoms with Crippen molar-refractivity contribution in [3.05, 3.63) is 80.6 Å². The molecule has 0 atom stereocenters. The quantitative estimate of drug-likeness (QED) is 0.642. The van der Waals surface area contributed by atoms with Crippen LogP contribution in [0.1, 0.15) is 38.4 Å². The third-order valence-electron chi connectivity index (χ3n) is 4.44. The molecule has 0 aliphatic heterocycles. The van der Waals surface area contributed by atoms with Crippen molar-refractivity contribution in [2.24, 2.45) is 0 Å². The molecule has 0 aliphatic carbocycles. The van der Waals surface area contributed by atoms with Gasteiger partial charge >= 0.3 is 0 Å². The van der Waals surface area contributed by atoms with E-state index in [1.165, 1.54) is 5.56 Å². The summed E-state index contributed by atoms with van der Waals surface area (Å²) in [7, 11) is 0. The Hall–Kier alpha value is -2.40. The second-order valence-electron chi connectivity index (χ2n) is 6.62. The van der Waals surface area contributed by atoms with E-state index in [-0.39, 0.29) is 5.91 Å². The highest BCUT2D eigenvalue weighted by Crippen LogP contribution is 2.21. The van der Waals surface area contributed by atoms with E-state index in [2.05, 4.69) is 32.4 Å². The molecule has 1 amide bonds. The van der Waals surface area contributed by atoms with Crippen LogP contribution in [0.5, 0.6) is 0 Å². The lowest BCUT2D eigenvalue weighted by Crippen LogP contribution is -2.13. The van der Waals surface area contributed by atoms with Crippen molar-refractivity contribution in [1.82, 2.24) is 9.78 Å². The smallest absolute Gasteiger partial charge is 0.255 e. The maximum atomic E-state index is 12.6. The number of hydrogen-bond acceptors (Lipinski definition) is 2. The SMILES string of the molecule is Cc1ccc(NC(=O)c2cccc(Cn3nc(C)c(Br)c3C)c2)c(C)c1. The molecule has 0 radical (unpaired) electrons. The molecular formula is C21H22BrN3O. The molecule has 2 aromatic carbocycles. The number of carbonyl (C=O) groups excluding carboxylic acids is 1. The first-order chi connectivity index (χ1) is 12.3. The van der Waals surface area contributed by atoms with E-state index in [1.807, 2.05) is 68.8 Å². The van der Waals surface area contributed by atoms with Gasteiger partial charge in [-0.25, -0.2) is 0 Å². The summed E-state index contributed by atoms with van der Waals surface area (Å²) < 4.78 is 2.97. The lowest BCUT2D eigenvalue weighted by Gasteiger charge is -2.10. The monoisotopic (exact) mass is 411 g/mol. The number of benzene rings is 2. The Morgan fingerprint density at radius 3 is 2.54 bits per heavy atom. The highest BCUT2D eigenvalue weighted by molar-refractivity contribution is 9.10. The number of aryl methyl sites for hydroxylation is 3. The predicted octanol–water partition coefficient (Wildman–Crippen LogP) is 5.18. The maximum absolute atomic E-state index is 12.6.